The zero-order valence-corrected chi connectivity index (χ0v) is 17.2. The predicted octanol–water partition coefficient (Wildman–Crippen LogP) is 4.19. The zero-order chi connectivity index (χ0) is 20.8. The number of rotatable bonds is 8. The summed E-state index contributed by atoms with van der Waals surface area (Å²) in [6, 6.07) is 8.35. The largest absolute Gasteiger partial charge is 0.487 e. The molecule has 0 saturated heterocycles. The summed E-state index contributed by atoms with van der Waals surface area (Å²) in [5.74, 6) is 0.0897. The van der Waals surface area contributed by atoms with E-state index in [1.54, 1.807) is 41.2 Å². The minimum absolute atomic E-state index is 0.204. The average Bonchev–Trinajstić information content (AvgIpc) is 3.15. The SMILES string of the molecule is CCC(O)Cn1cc(NC(=O)c2cc(COc3cc(Cl)ccc3Cl)ccn2)cn1. The predicted molar refractivity (Wildman–Crippen MR) is 112 cm³/mol. The number of hydrogen-bond acceptors (Lipinski definition) is 5. The molecular formula is C20H20Cl2N4O3. The highest BCUT2D eigenvalue weighted by molar-refractivity contribution is 6.34. The molecule has 0 aliphatic carbocycles. The van der Waals surface area contributed by atoms with Crippen LogP contribution in [-0.2, 0) is 13.2 Å². The van der Waals surface area contributed by atoms with Crippen LogP contribution in [0.3, 0.4) is 0 Å². The third kappa shape index (κ3) is 5.93. The molecule has 2 aromatic heterocycles. The van der Waals surface area contributed by atoms with E-state index in [0.29, 0.717) is 34.4 Å². The summed E-state index contributed by atoms with van der Waals surface area (Å²) in [7, 11) is 0. The Morgan fingerprint density at radius 2 is 2.14 bits per heavy atom. The summed E-state index contributed by atoms with van der Waals surface area (Å²) >= 11 is 12.1. The summed E-state index contributed by atoms with van der Waals surface area (Å²) in [5.41, 5.74) is 1.51. The number of aliphatic hydroxyl groups is 1. The molecular weight excluding hydrogens is 415 g/mol. The number of ether oxygens (including phenoxy) is 1. The summed E-state index contributed by atoms with van der Waals surface area (Å²) in [4.78, 5) is 16.6. The summed E-state index contributed by atoms with van der Waals surface area (Å²) in [6.07, 6.45) is 4.86. The van der Waals surface area contributed by atoms with Crippen molar-refractivity contribution in [1.29, 1.82) is 0 Å². The van der Waals surface area contributed by atoms with Gasteiger partial charge in [0.2, 0.25) is 0 Å². The lowest BCUT2D eigenvalue weighted by Crippen LogP contribution is -2.15. The van der Waals surface area contributed by atoms with Gasteiger partial charge in [0.15, 0.2) is 0 Å². The molecule has 1 aromatic carbocycles. The molecule has 0 aliphatic rings. The van der Waals surface area contributed by atoms with Crippen LogP contribution >= 0.6 is 23.2 Å². The van der Waals surface area contributed by atoms with E-state index in [1.165, 1.54) is 12.4 Å². The van der Waals surface area contributed by atoms with Gasteiger partial charge in [-0.25, -0.2) is 0 Å². The molecule has 0 saturated carbocycles. The fraction of sp³-hybridized carbons (Fsp3) is 0.250. The van der Waals surface area contributed by atoms with Crippen molar-refractivity contribution >= 4 is 34.8 Å². The number of amides is 1. The van der Waals surface area contributed by atoms with E-state index in [4.69, 9.17) is 27.9 Å². The molecule has 0 radical (unpaired) electrons. The van der Waals surface area contributed by atoms with Gasteiger partial charge < -0.3 is 15.2 Å². The van der Waals surface area contributed by atoms with Gasteiger partial charge in [-0.2, -0.15) is 5.10 Å². The maximum absolute atomic E-state index is 12.5. The number of aromatic nitrogens is 3. The standard InChI is InChI=1S/C20H20Cl2N4O3/c1-2-16(27)11-26-10-15(9-24-26)25-20(28)18-7-13(5-6-23-18)12-29-19-8-14(21)3-4-17(19)22/h3-10,16,27H,2,11-12H2,1H3,(H,25,28). The van der Waals surface area contributed by atoms with Crippen molar-refractivity contribution in [1.82, 2.24) is 14.8 Å². The Morgan fingerprint density at radius 1 is 1.31 bits per heavy atom. The van der Waals surface area contributed by atoms with Gasteiger partial charge >= 0.3 is 0 Å². The van der Waals surface area contributed by atoms with Crippen LogP contribution in [0.25, 0.3) is 0 Å². The number of anilines is 1. The lowest BCUT2D eigenvalue weighted by molar-refractivity contribution is 0.102. The number of carbonyl (C=O) groups is 1. The molecule has 9 heteroatoms. The maximum atomic E-state index is 12.5. The van der Waals surface area contributed by atoms with Crippen LogP contribution in [0.4, 0.5) is 5.69 Å². The van der Waals surface area contributed by atoms with Gasteiger partial charge in [0.1, 0.15) is 18.1 Å². The van der Waals surface area contributed by atoms with E-state index in [-0.39, 0.29) is 18.2 Å². The average molecular weight is 435 g/mol. The van der Waals surface area contributed by atoms with E-state index in [9.17, 15) is 9.90 Å². The van der Waals surface area contributed by atoms with Gasteiger partial charge in [0, 0.05) is 23.5 Å². The molecule has 3 rings (SSSR count). The van der Waals surface area contributed by atoms with E-state index in [1.807, 2.05) is 6.92 Å². The number of aliphatic hydroxyl groups excluding tert-OH is 1. The number of benzene rings is 1. The minimum Gasteiger partial charge on any atom is -0.487 e. The van der Waals surface area contributed by atoms with Crippen molar-refractivity contribution in [3.8, 4) is 5.75 Å². The highest BCUT2D eigenvalue weighted by atomic mass is 35.5. The molecule has 152 valence electrons. The quantitative estimate of drug-likeness (QED) is 0.554. The third-order valence-corrected chi connectivity index (χ3v) is 4.65. The molecule has 0 bridgehead atoms. The Kier molecular flexibility index (Phi) is 7.09. The normalized spacial score (nSPS) is 11.9. The third-order valence-electron chi connectivity index (χ3n) is 4.10. The topological polar surface area (TPSA) is 89.3 Å². The second kappa shape index (κ2) is 9.73. The molecule has 1 amide bonds. The fourth-order valence-corrected chi connectivity index (χ4v) is 2.84. The molecule has 0 spiro atoms. The minimum atomic E-state index is -0.482. The van der Waals surface area contributed by atoms with Crippen LogP contribution in [0.15, 0.2) is 48.9 Å². The van der Waals surface area contributed by atoms with E-state index in [0.717, 1.165) is 5.56 Å². The number of carbonyl (C=O) groups excluding carboxylic acids is 1. The molecule has 0 aliphatic heterocycles. The highest BCUT2D eigenvalue weighted by Crippen LogP contribution is 2.28. The van der Waals surface area contributed by atoms with Crippen LogP contribution in [-0.4, -0.2) is 31.9 Å². The van der Waals surface area contributed by atoms with E-state index in [2.05, 4.69) is 15.4 Å². The van der Waals surface area contributed by atoms with Crippen LogP contribution in [0.2, 0.25) is 10.0 Å². The van der Waals surface area contributed by atoms with Gasteiger partial charge in [-0.05, 0) is 36.2 Å². The van der Waals surface area contributed by atoms with Gasteiger partial charge in [-0.3, -0.25) is 14.5 Å². The van der Waals surface area contributed by atoms with Crippen LogP contribution in [0.5, 0.6) is 5.75 Å². The van der Waals surface area contributed by atoms with Crippen molar-refractivity contribution in [2.75, 3.05) is 5.32 Å². The summed E-state index contributed by atoms with van der Waals surface area (Å²) < 4.78 is 7.27. The van der Waals surface area contributed by atoms with Gasteiger partial charge in [0.25, 0.3) is 5.91 Å². The first kappa shape index (κ1) is 21.1. The monoisotopic (exact) mass is 434 g/mol. The molecule has 0 fully saturated rings. The number of halogens is 2. The lowest BCUT2D eigenvalue weighted by atomic mass is 10.2. The Morgan fingerprint density at radius 3 is 2.93 bits per heavy atom. The first-order chi connectivity index (χ1) is 13.9. The number of nitrogens with one attached hydrogen (secondary N) is 1. The van der Waals surface area contributed by atoms with Crippen molar-refractivity contribution in [2.45, 2.75) is 32.6 Å². The summed E-state index contributed by atoms with van der Waals surface area (Å²) in [5, 5.41) is 17.5. The lowest BCUT2D eigenvalue weighted by Gasteiger charge is -2.09. The van der Waals surface area contributed by atoms with Crippen molar-refractivity contribution in [2.24, 2.45) is 0 Å². The van der Waals surface area contributed by atoms with Crippen molar-refractivity contribution in [3.63, 3.8) is 0 Å². The second-order valence-corrected chi connectivity index (χ2v) is 7.22. The Labute approximate surface area is 178 Å². The Bertz CT molecular complexity index is 993. The molecule has 2 N–H and O–H groups in total. The van der Waals surface area contributed by atoms with Gasteiger partial charge in [-0.15, -0.1) is 0 Å². The summed E-state index contributed by atoms with van der Waals surface area (Å²) in [6.45, 7) is 2.46. The van der Waals surface area contributed by atoms with E-state index < -0.39 is 6.10 Å². The van der Waals surface area contributed by atoms with Crippen LogP contribution in [0, 0.1) is 0 Å². The first-order valence-corrected chi connectivity index (χ1v) is 9.75. The smallest absolute Gasteiger partial charge is 0.274 e. The van der Waals surface area contributed by atoms with Crippen LogP contribution < -0.4 is 10.1 Å². The Balaban J connectivity index is 1.62. The molecule has 1 unspecified atom stereocenters. The van der Waals surface area contributed by atoms with Crippen molar-refractivity contribution in [3.05, 3.63) is 70.2 Å². The number of hydrogen-bond donors (Lipinski definition) is 2. The molecule has 29 heavy (non-hydrogen) atoms. The highest BCUT2D eigenvalue weighted by Gasteiger charge is 2.11. The molecule has 7 nitrogen and oxygen atoms in total. The van der Waals surface area contributed by atoms with Crippen LogP contribution in [0.1, 0.15) is 29.4 Å². The van der Waals surface area contributed by atoms with E-state index >= 15 is 0 Å². The zero-order valence-electron chi connectivity index (χ0n) is 15.7. The van der Waals surface area contributed by atoms with Gasteiger partial charge in [0.05, 0.1) is 29.6 Å². The number of nitrogens with zero attached hydrogens (tertiary/aromatic N) is 3. The Hall–Kier alpha value is -2.61. The van der Waals surface area contributed by atoms with Crippen molar-refractivity contribution < 1.29 is 14.6 Å². The first-order valence-electron chi connectivity index (χ1n) is 8.99. The molecule has 1 atom stereocenters. The molecule has 3 aromatic rings. The van der Waals surface area contributed by atoms with Gasteiger partial charge in [-0.1, -0.05) is 30.1 Å². The number of pyridine rings is 1. The maximum Gasteiger partial charge on any atom is 0.274 e. The molecule has 2 heterocycles. The fourth-order valence-electron chi connectivity index (χ4n) is 2.51. The second-order valence-electron chi connectivity index (χ2n) is 6.38.